The zero-order valence-corrected chi connectivity index (χ0v) is 11.8. The molecule has 0 heterocycles. The minimum atomic E-state index is 0.657. The molecule has 0 bridgehead atoms. The van der Waals surface area contributed by atoms with Crippen molar-refractivity contribution >= 4 is 15.9 Å². The van der Waals surface area contributed by atoms with Gasteiger partial charge in [0.25, 0.3) is 0 Å². The highest BCUT2D eigenvalue weighted by Gasteiger charge is 2.39. The first-order valence-electron chi connectivity index (χ1n) is 7.08. The average molecular weight is 286 g/mol. The molecular formula is C14H24BrN. The highest BCUT2D eigenvalue weighted by molar-refractivity contribution is 9.09. The maximum Gasteiger partial charge on any atom is 0.0100 e. The summed E-state index contributed by atoms with van der Waals surface area (Å²) in [6.07, 6.45) is 10.4. The van der Waals surface area contributed by atoms with Crippen LogP contribution in [0.4, 0.5) is 0 Å². The lowest BCUT2D eigenvalue weighted by Gasteiger charge is -2.44. The number of rotatable bonds is 7. The summed E-state index contributed by atoms with van der Waals surface area (Å²) in [6.45, 7) is 4.20. The Morgan fingerprint density at radius 3 is 1.88 bits per heavy atom. The van der Waals surface area contributed by atoms with Crippen molar-refractivity contribution in [3.8, 4) is 0 Å². The Bertz CT molecular complexity index is 222. The zero-order chi connectivity index (χ0) is 11.0. The molecule has 1 nitrogen and oxygen atoms in total. The van der Waals surface area contributed by atoms with Crippen LogP contribution in [0.3, 0.4) is 0 Å². The standard InChI is InChI=1S/C14H24BrN/c15-10-14(6-1-7-14)11-16(8-12-2-3-12)9-13-4-5-13/h12-13H,1-11H2. The van der Waals surface area contributed by atoms with Crippen LogP contribution in [0.1, 0.15) is 44.9 Å². The number of nitrogens with zero attached hydrogens (tertiary/aromatic N) is 1. The first-order valence-corrected chi connectivity index (χ1v) is 8.20. The van der Waals surface area contributed by atoms with Gasteiger partial charge in [0.2, 0.25) is 0 Å². The predicted octanol–water partition coefficient (Wildman–Crippen LogP) is 3.67. The topological polar surface area (TPSA) is 3.24 Å². The molecule has 92 valence electrons. The van der Waals surface area contributed by atoms with Crippen molar-refractivity contribution in [2.75, 3.05) is 25.0 Å². The van der Waals surface area contributed by atoms with Crippen molar-refractivity contribution in [1.82, 2.24) is 4.90 Å². The van der Waals surface area contributed by atoms with Crippen LogP contribution in [0, 0.1) is 17.3 Å². The summed E-state index contributed by atoms with van der Waals surface area (Å²) in [5.41, 5.74) is 0.657. The SMILES string of the molecule is BrCC1(CN(CC2CC2)CC2CC2)CCC1. The summed E-state index contributed by atoms with van der Waals surface area (Å²) in [6, 6.07) is 0. The van der Waals surface area contributed by atoms with E-state index in [0.29, 0.717) is 5.41 Å². The molecule has 3 saturated carbocycles. The first kappa shape index (κ1) is 11.5. The van der Waals surface area contributed by atoms with Crippen molar-refractivity contribution in [3.05, 3.63) is 0 Å². The minimum absolute atomic E-state index is 0.657. The van der Waals surface area contributed by atoms with Crippen LogP contribution in [-0.2, 0) is 0 Å². The van der Waals surface area contributed by atoms with Gasteiger partial charge in [-0.2, -0.15) is 0 Å². The second-order valence-electron chi connectivity index (χ2n) is 6.57. The summed E-state index contributed by atoms with van der Waals surface area (Å²) in [4.78, 5) is 2.82. The van der Waals surface area contributed by atoms with Crippen LogP contribution in [0.25, 0.3) is 0 Å². The number of alkyl halides is 1. The molecule has 2 heteroatoms. The predicted molar refractivity (Wildman–Crippen MR) is 72.0 cm³/mol. The van der Waals surface area contributed by atoms with E-state index < -0.39 is 0 Å². The number of hydrogen-bond acceptors (Lipinski definition) is 1. The summed E-state index contributed by atoms with van der Waals surface area (Å²) in [5.74, 6) is 2.12. The van der Waals surface area contributed by atoms with E-state index in [1.165, 1.54) is 69.9 Å². The molecule has 0 N–H and O–H groups in total. The van der Waals surface area contributed by atoms with E-state index in [1.54, 1.807) is 0 Å². The Hall–Kier alpha value is 0.440. The van der Waals surface area contributed by atoms with Gasteiger partial charge in [-0.15, -0.1) is 0 Å². The van der Waals surface area contributed by atoms with E-state index in [2.05, 4.69) is 20.8 Å². The average Bonchev–Trinajstić information content (AvgIpc) is 3.06. The molecule has 0 aliphatic heterocycles. The molecule has 0 radical (unpaired) electrons. The van der Waals surface area contributed by atoms with Gasteiger partial charge >= 0.3 is 0 Å². The number of hydrogen-bond donors (Lipinski definition) is 0. The Morgan fingerprint density at radius 1 is 1.00 bits per heavy atom. The van der Waals surface area contributed by atoms with Crippen molar-refractivity contribution in [2.24, 2.45) is 17.3 Å². The van der Waals surface area contributed by atoms with Crippen molar-refractivity contribution in [1.29, 1.82) is 0 Å². The third-order valence-electron chi connectivity index (χ3n) is 4.68. The van der Waals surface area contributed by atoms with Crippen molar-refractivity contribution in [2.45, 2.75) is 44.9 Å². The summed E-state index contributed by atoms with van der Waals surface area (Å²) < 4.78 is 0. The number of halogens is 1. The molecule has 0 atom stereocenters. The first-order chi connectivity index (χ1) is 7.80. The second kappa shape index (κ2) is 4.61. The fraction of sp³-hybridized carbons (Fsp3) is 1.00. The van der Waals surface area contributed by atoms with Gasteiger partial charge in [-0.25, -0.2) is 0 Å². The molecule has 3 aliphatic carbocycles. The lowest BCUT2D eigenvalue weighted by Crippen LogP contribution is -2.45. The lowest BCUT2D eigenvalue weighted by molar-refractivity contribution is 0.0853. The summed E-state index contributed by atoms with van der Waals surface area (Å²) in [7, 11) is 0. The monoisotopic (exact) mass is 285 g/mol. The van der Waals surface area contributed by atoms with Gasteiger partial charge in [0, 0.05) is 25.0 Å². The summed E-state index contributed by atoms with van der Waals surface area (Å²) >= 11 is 3.75. The van der Waals surface area contributed by atoms with E-state index in [-0.39, 0.29) is 0 Å². The van der Waals surface area contributed by atoms with Crippen LogP contribution < -0.4 is 0 Å². The molecule has 0 amide bonds. The van der Waals surface area contributed by atoms with E-state index in [0.717, 1.165) is 11.8 Å². The van der Waals surface area contributed by atoms with Gasteiger partial charge in [-0.05, 0) is 55.8 Å². The van der Waals surface area contributed by atoms with Gasteiger partial charge < -0.3 is 4.90 Å². The molecule has 0 spiro atoms. The van der Waals surface area contributed by atoms with Crippen molar-refractivity contribution < 1.29 is 0 Å². The molecule has 0 aromatic rings. The lowest BCUT2D eigenvalue weighted by atomic mass is 9.70. The van der Waals surface area contributed by atoms with Gasteiger partial charge in [-0.3, -0.25) is 0 Å². The minimum Gasteiger partial charge on any atom is -0.302 e. The smallest absolute Gasteiger partial charge is 0.0100 e. The van der Waals surface area contributed by atoms with Gasteiger partial charge in [-0.1, -0.05) is 22.4 Å². The highest BCUT2D eigenvalue weighted by atomic mass is 79.9. The van der Waals surface area contributed by atoms with Crippen molar-refractivity contribution in [3.63, 3.8) is 0 Å². The van der Waals surface area contributed by atoms with E-state index >= 15 is 0 Å². The van der Waals surface area contributed by atoms with Gasteiger partial charge in [0.1, 0.15) is 0 Å². The van der Waals surface area contributed by atoms with Crippen LogP contribution in [0.2, 0.25) is 0 Å². The quantitative estimate of drug-likeness (QED) is 0.645. The fourth-order valence-corrected chi connectivity index (χ4v) is 3.76. The molecule has 0 unspecified atom stereocenters. The molecule has 3 aliphatic rings. The molecular weight excluding hydrogens is 262 g/mol. The maximum atomic E-state index is 3.75. The molecule has 3 rings (SSSR count). The highest BCUT2D eigenvalue weighted by Crippen LogP contribution is 2.44. The Labute approximate surface area is 108 Å². The second-order valence-corrected chi connectivity index (χ2v) is 7.13. The molecule has 16 heavy (non-hydrogen) atoms. The normalized spacial score (nSPS) is 28.1. The van der Waals surface area contributed by atoms with Crippen LogP contribution in [0.5, 0.6) is 0 Å². The maximum absolute atomic E-state index is 3.75. The Balaban J connectivity index is 1.52. The molecule has 3 fully saturated rings. The van der Waals surface area contributed by atoms with Gasteiger partial charge in [0.05, 0.1) is 0 Å². The van der Waals surface area contributed by atoms with E-state index in [9.17, 15) is 0 Å². The van der Waals surface area contributed by atoms with Crippen LogP contribution in [0.15, 0.2) is 0 Å². The third-order valence-corrected chi connectivity index (χ3v) is 5.87. The summed E-state index contributed by atoms with van der Waals surface area (Å²) in [5, 5.41) is 1.23. The van der Waals surface area contributed by atoms with E-state index in [1.807, 2.05) is 0 Å². The largest absolute Gasteiger partial charge is 0.302 e. The molecule has 0 aromatic heterocycles. The zero-order valence-electron chi connectivity index (χ0n) is 10.3. The molecule has 0 saturated heterocycles. The van der Waals surface area contributed by atoms with Crippen LogP contribution in [-0.4, -0.2) is 29.9 Å². The Morgan fingerprint density at radius 2 is 1.56 bits per heavy atom. The van der Waals surface area contributed by atoms with Crippen LogP contribution >= 0.6 is 15.9 Å². The fourth-order valence-electron chi connectivity index (χ4n) is 3.02. The molecule has 0 aromatic carbocycles. The van der Waals surface area contributed by atoms with Gasteiger partial charge in [0.15, 0.2) is 0 Å². The third kappa shape index (κ3) is 2.81. The Kier molecular flexibility index (Phi) is 3.32. The van der Waals surface area contributed by atoms with E-state index in [4.69, 9.17) is 0 Å².